The van der Waals surface area contributed by atoms with Crippen molar-refractivity contribution >= 4 is 50.5 Å². The number of alkyl halides is 3. The number of methoxy groups -OCH3 is 2. The van der Waals surface area contributed by atoms with Crippen LogP contribution in [0.3, 0.4) is 0 Å². The molecule has 1 amide bonds. The Morgan fingerprint density at radius 1 is 0.972 bits per heavy atom. The SMILES string of the molecule is COc1ccc(S(=O)(=O)N(CC(=O)Nc2cc(Cl)ccc2Cl)c2cccc(C(F)(F)F)c2)cc1OC. The lowest BCUT2D eigenvalue weighted by Crippen LogP contribution is -2.38. The topological polar surface area (TPSA) is 84.9 Å². The van der Waals surface area contributed by atoms with Crippen molar-refractivity contribution in [3.05, 3.63) is 76.3 Å². The predicted molar refractivity (Wildman–Crippen MR) is 131 cm³/mol. The van der Waals surface area contributed by atoms with Gasteiger partial charge in [-0.3, -0.25) is 9.10 Å². The van der Waals surface area contributed by atoms with E-state index in [9.17, 15) is 26.4 Å². The summed E-state index contributed by atoms with van der Waals surface area (Å²) in [7, 11) is -1.92. The first-order valence-electron chi connectivity index (χ1n) is 10.0. The van der Waals surface area contributed by atoms with Gasteiger partial charge in [0.1, 0.15) is 6.54 Å². The molecule has 0 aliphatic carbocycles. The van der Waals surface area contributed by atoms with E-state index in [2.05, 4.69) is 5.32 Å². The van der Waals surface area contributed by atoms with E-state index in [1.165, 1.54) is 44.6 Å². The first-order chi connectivity index (χ1) is 16.9. The molecular weight excluding hydrogens is 544 g/mol. The Kier molecular flexibility index (Phi) is 8.27. The summed E-state index contributed by atoms with van der Waals surface area (Å²) in [6, 6.07) is 11.5. The summed E-state index contributed by atoms with van der Waals surface area (Å²) in [6.45, 7) is -0.874. The van der Waals surface area contributed by atoms with E-state index in [-0.39, 0.29) is 37.8 Å². The summed E-state index contributed by atoms with van der Waals surface area (Å²) >= 11 is 12.0. The van der Waals surface area contributed by atoms with Crippen molar-refractivity contribution < 1.29 is 35.9 Å². The largest absolute Gasteiger partial charge is 0.493 e. The zero-order valence-corrected chi connectivity index (χ0v) is 21.1. The maximum absolute atomic E-state index is 13.6. The van der Waals surface area contributed by atoms with Crippen LogP contribution in [-0.4, -0.2) is 35.1 Å². The molecule has 0 spiro atoms. The van der Waals surface area contributed by atoms with Gasteiger partial charge in [0.25, 0.3) is 10.0 Å². The van der Waals surface area contributed by atoms with E-state index in [0.717, 1.165) is 24.3 Å². The van der Waals surface area contributed by atoms with Crippen molar-refractivity contribution in [2.45, 2.75) is 11.1 Å². The van der Waals surface area contributed by atoms with Crippen LogP contribution in [0.15, 0.2) is 65.6 Å². The average Bonchev–Trinajstić information content (AvgIpc) is 2.83. The van der Waals surface area contributed by atoms with Crippen molar-refractivity contribution in [1.29, 1.82) is 0 Å². The molecule has 0 atom stereocenters. The molecule has 3 aromatic carbocycles. The highest BCUT2D eigenvalue weighted by molar-refractivity contribution is 7.92. The van der Waals surface area contributed by atoms with Crippen molar-refractivity contribution in [3.8, 4) is 11.5 Å². The number of sulfonamides is 1. The number of hydrogen-bond acceptors (Lipinski definition) is 5. The lowest BCUT2D eigenvalue weighted by molar-refractivity contribution is -0.137. The van der Waals surface area contributed by atoms with Crippen molar-refractivity contribution in [3.63, 3.8) is 0 Å². The summed E-state index contributed by atoms with van der Waals surface area (Å²) in [5.74, 6) is -0.575. The van der Waals surface area contributed by atoms with Crippen LogP contribution in [0.5, 0.6) is 11.5 Å². The maximum Gasteiger partial charge on any atom is 0.416 e. The Bertz CT molecular complexity index is 1380. The summed E-state index contributed by atoms with van der Waals surface area (Å²) < 4.78 is 78.1. The third-order valence-electron chi connectivity index (χ3n) is 4.89. The van der Waals surface area contributed by atoms with Crippen molar-refractivity contribution in [2.24, 2.45) is 0 Å². The Morgan fingerprint density at radius 3 is 2.31 bits per heavy atom. The Morgan fingerprint density at radius 2 is 1.67 bits per heavy atom. The van der Waals surface area contributed by atoms with E-state index in [4.69, 9.17) is 32.7 Å². The van der Waals surface area contributed by atoms with Gasteiger partial charge < -0.3 is 14.8 Å². The van der Waals surface area contributed by atoms with Gasteiger partial charge in [0.2, 0.25) is 5.91 Å². The second-order valence-electron chi connectivity index (χ2n) is 7.25. The van der Waals surface area contributed by atoms with Gasteiger partial charge in [-0.05, 0) is 48.5 Å². The number of rotatable bonds is 8. The molecule has 7 nitrogen and oxygen atoms in total. The number of anilines is 2. The Balaban J connectivity index is 2.08. The molecule has 3 aromatic rings. The van der Waals surface area contributed by atoms with Gasteiger partial charge in [-0.25, -0.2) is 8.42 Å². The van der Waals surface area contributed by atoms with Crippen LogP contribution in [0.1, 0.15) is 5.56 Å². The second kappa shape index (κ2) is 10.9. The molecule has 1 N–H and O–H groups in total. The fourth-order valence-electron chi connectivity index (χ4n) is 3.17. The van der Waals surface area contributed by atoms with Crippen LogP contribution < -0.4 is 19.1 Å². The van der Waals surface area contributed by atoms with Gasteiger partial charge in [-0.15, -0.1) is 0 Å². The highest BCUT2D eigenvalue weighted by Gasteiger charge is 2.33. The van der Waals surface area contributed by atoms with E-state index >= 15 is 0 Å². The Labute approximate surface area is 215 Å². The minimum atomic E-state index is -4.74. The number of carbonyl (C=O) groups is 1. The zero-order valence-electron chi connectivity index (χ0n) is 18.8. The molecule has 0 bridgehead atoms. The summed E-state index contributed by atoms with van der Waals surface area (Å²) in [4.78, 5) is 12.5. The molecule has 0 saturated carbocycles. The highest BCUT2D eigenvalue weighted by Crippen LogP contribution is 2.35. The summed E-state index contributed by atoms with van der Waals surface area (Å²) in [5.41, 5.74) is -1.38. The number of amides is 1. The molecule has 0 unspecified atom stereocenters. The minimum absolute atomic E-state index is 0.0673. The lowest BCUT2D eigenvalue weighted by Gasteiger charge is -2.25. The van der Waals surface area contributed by atoms with Crippen molar-refractivity contribution in [2.75, 3.05) is 30.4 Å². The molecule has 3 rings (SSSR count). The van der Waals surface area contributed by atoms with Crippen LogP contribution in [0.25, 0.3) is 0 Å². The average molecular weight is 563 g/mol. The number of nitrogens with zero attached hydrogens (tertiary/aromatic N) is 1. The molecule has 0 aliphatic rings. The van der Waals surface area contributed by atoms with Gasteiger partial charge >= 0.3 is 6.18 Å². The number of nitrogens with one attached hydrogen (secondary N) is 1. The fraction of sp³-hybridized carbons (Fsp3) is 0.174. The highest BCUT2D eigenvalue weighted by atomic mass is 35.5. The second-order valence-corrected chi connectivity index (χ2v) is 9.95. The summed E-state index contributed by atoms with van der Waals surface area (Å²) in [5, 5.41) is 2.81. The molecule has 0 aromatic heterocycles. The zero-order chi connectivity index (χ0) is 26.7. The molecule has 0 fully saturated rings. The lowest BCUT2D eigenvalue weighted by atomic mass is 10.2. The molecule has 0 saturated heterocycles. The maximum atomic E-state index is 13.6. The first-order valence-corrected chi connectivity index (χ1v) is 12.2. The predicted octanol–water partition coefficient (Wildman–Crippen LogP) is 5.86. The monoisotopic (exact) mass is 562 g/mol. The normalized spacial score (nSPS) is 11.6. The van der Waals surface area contributed by atoms with Crippen LogP contribution in [0.4, 0.5) is 24.5 Å². The number of carbonyl (C=O) groups excluding carboxylic acids is 1. The molecule has 192 valence electrons. The number of hydrogen-bond donors (Lipinski definition) is 1. The van der Waals surface area contributed by atoms with Gasteiger partial charge in [0.15, 0.2) is 11.5 Å². The molecule has 36 heavy (non-hydrogen) atoms. The quantitative estimate of drug-likeness (QED) is 0.371. The molecule has 0 radical (unpaired) electrons. The number of ether oxygens (including phenoxy) is 2. The molecule has 0 aliphatic heterocycles. The molecule has 13 heteroatoms. The smallest absolute Gasteiger partial charge is 0.416 e. The van der Waals surface area contributed by atoms with E-state index in [1.807, 2.05) is 0 Å². The number of benzene rings is 3. The van der Waals surface area contributed by atoms with E-state index in [1.54, 1.807) is 0 Å². The van der Waals surface area contributed by atoms with E-state index < -0.39 is 34.2 Å². The van der Waals surface area contributed by atoms with Gasteiger partial charge in [-0.1, -0.05) is 29.3 Å². The third kappa shape index (κ3) is 6.15. The molecule has 0 heterocycles. The third-order valence-corrected chi connectivity index (χ3v) is 7.23. The minimum Gasteiger partial charge on any atom is -0.493 e. The van der Waals surface area contributed by atoms with Crippen LogP contribution in [0, 0.1) is 0 Å². The standard InChI is InChI=1S/C23H19Cl2F3N2O5S/c1-34-20-9-7-17(12-21(20)35-2)36(32,33)30(16-5-3-4-14(10-16)23(26,27)28)13-22(31)29-19-11-15(24)6-8-18(19)25/h3-12H,13H2,1-2H3,(H,29,31). The van der Waals surface area contributed by atoms with Crippen LogP contribution >= 0.6 is 23.2 Å². The van der Waals surface area contributed by atoms with Crippen molar-refractivity contribution in [1.82, 2.24) is 0 Å². The number of halogens is 5. The van der Waals surface area contributed by atoms with Gasteiger partial charge in [-0.2, -0.15) is 13.2 Å². The Hall–Kier alpha value is -3.15. The van der Waals surface area contributed by atoms with E-state index in [0.29, 0.717) is 10.4 Å². The summed E-state index contributed by atoms with van der Waals surface area (Å²) in [6.07, 6.45) is -4.74. The first kappa shape index (κ1) is 27.4. The fourth-order valence-corrected chi connectivity index (χ4v) is 4.94. The molecular formula is C23H19Cl2F3N2O5S. The van der Waals surface area contributed by atoms with Gasteiger partial charge in [0, 0.05) is 11.1 Å². The van der Waals surface area contributed by atoms with Crippen LogP contribution in [-0.2, 0) is 21.0 Å². The van der Waals surface area contributed by atoms with Crippen LogP contribution in [0.2, 0.25) is 10.0 Å². The van der Waals surface area contributed by atoms with Gasteiger partial charge in [0.05, 0.1) is 41.1 Å².